The highest BCUT2D eigenvalue weighted by molar-refractivity contribution is 5.09. The van der Waals surface area contributed by atoms with E-state index in [0.29, 0.717) is 5.92 Å². The van der Waals surface area contributed by atoms with Gasteiger partial charge in [-0.3, -0.25) is 0 Å². The molecule has 0 heterocycles. The van der Waals surface area contributed by atoms with Gasteiger partial charge in [0.2, 0.25) is 0 Å². The first kappa shape index (κ1) is 9.79. The summed E-state index contributed by atoms with van der Waals surface area (Å²) in [6, 6.07) is 0. The molecule has 1 fully saturated rings. The maximum atomic E-state index is 9.46. The topological polar surface area (TPSA) is 20.2 Å². The summed E-state index contributed by atoms with van der Waals surface area (Å²) in [5, 5.41) is 9.46. The molecule has 1 aliphatic rings. The molecule has 0 aromatic heterocycles. The van der Waals surface area contributed by atoms with Gasteiger partial charge in [0.25, 0.3) is 0 Å². The van der Waals surface area contributed by atoms with Crippen LogP contribution in [0.2, 0.25) is 0 Å². The first-order valence-corrected chi connectivity index (χ1v) is 4.81. The van der Waals surface area contributed by atoms with Gasteiger partial charge in [-0.1, -0.05) is 26.0 Å². The van der Waals surface area contributed by atoms with Crippen LogP contribution >= 0.6 is 0 Å². The molecule has 1 saturated carbocycles. The van der Waals surface area contributed by atoms with Crippen molar-refractivity contribution in [2.24, 2.45) is 11.3 Å². The van der Waals surface area contributed by atoms with Crippen LogP contribution in [0.25, 0.3) is 0 Å². The largest absolute Gasteiger partial charge is 0.393 e. The Morgan fingerprint density at radius 2 is 2.17 bits per heavy atom. The summed E-state index contributed by atoms with van der Waals surface area (Å²) in [5.74, 6) is 0.568. The molecule has 3 atom stereocenters. The molecule has 0 bridgehead atoms. The maximum Gasteiger partial charge on any atom is 0.0543 e. The lowest BCUT2D eigenvalue weighted by Crippen LogP contribution is -2.35. The fourth-order valence-corrected chi connectivity index (χ4v) is 2.13. The minimum absolute atomic E-state index is 0.0765. The summed E-state index contributed by atoms with van der Waals surface area (Å²) in [7, 11) is 0. The zero-order valence-electron chi connectivity index (χ0n) is 8.43. The molecule has 1 N–H and O–H groups in total. The van der Waals surface area contributed by atoms with Crippen LogP contribution in [0.1, 0.15) is 40.0 Å². The van der Waals surface area contributed by atoms with Crippen LogP contribution in [0.15, 0.2) is 12.2 Å². The van der Waals surface area contributed by atoms with Crippen molar-refractivity contribution in [1.29, 1.82) is 0 Å². The molecule has 12 heavy (non-hydrogen) atoms. The van der Waals surface area contributed by atoms with Gasteiger partial charge in [0.05, 0.1) is 6.10 Å². The standard InChI is InChI=1S/C11H20O/c1-8(2)11(4)6-5-10(12)7-9(11)3/h9-10,12H,1,5-7H2,2-4H3. The van der Waals surface area contributed by atoms with Gasteiger partial charge in [-0.2, -0.15) is 0 Å². The Bertz CT molecular complexity index is 185. The van der Waals surface area contributed by atoms with Crippen molar-refractivity contribution in [2.75, 3.05) is 0 Å². The van der Waals surface area contributed by atoms with Crippen molar-refractivity contribution in [2.45, 2.75) is 46.1 Å². The number of allylic oxidation sites excluding steroid dienone is 1. The van der Waals surface area contributed by atoms with E-state index in [2.05, 4.69) is 27.4 Å². The molecule has 0 saturated heterocycles. The average molecular weight is 168 g/mol. The van der Waals surface area contributed by atoms with Crippen LogP contribution in [-0.2, 0) is 0 Å². The van der Waals surface area contributed by atoms with Gasteiger partial charge in [0.15, 0.2) is 0 Å². The second kappa shape index (κ2) is 3.21. The minimum atomic E-state index is -0.0765. The van der Waals surface area contributed by atoms with Crippen LogP contribution in [0.3, 0.4) is 0 Å². The van der Waals surface area contributed by atoms with E-state index in [1.165, 1.54) is 5.57 Å². The Morgan fingerprint density at radius 3 is 2.58 bits per heavy atom. The zero-order valence-corrected chi connectivity index (χ0v) is 8.43. The number of aliphatic hydroxyl groups is 1. The minimum Gasteiger partial charge on any atom is -0.393 e. The molecule has 0 radical (unpaired) electrons. The Balaban J connectivity index is 2.72. The van der Waals surface area contributed by atoms with Gasteiger partial charge in [-0.25, -0.2) is 0 Å². The van der Waals surface area contributed by atoms with E-state index < -0.39 is 0 Å². The van der Waals surface area contributed by atoms with E-state index in [4.69, 9.17) is 0 Å². The summed E-state index contributed by atoms with van der Waals surface area (Å²) in [5.41, 5.74) is 1.53. The first-order valence-electron chi connectivity index (χ1n) is 4.81. The third-order valence-electron chi connectivity index (χ3n) is 3.69. The van der Waals surface area contributed by atoms with E-state index in [0.717, 1.165) is 19.3 Å². The molecule has 0 aromatic carbocycles. The normalized spacial score (nSPS) is 42.7. The molecule has 1 rings (SSSR count). The predicted octanol–water partition coefficient (Wildman–Crippen LogP) is 2.75. The van der Waals surface area contributed by atoms with Crippen molar-refractivity contribution in [1.82, 2.24) is 0 Å². The van der Waals surface area contributed by atoms with Crippen LogP contribution < -0.4 is 0 Å². The number of hydrogen-bond acceptors (Lipinski definition) is 1. The second-order valence-electron chi connectivity index (χ2n) is 4.53. The average Bonchev–Trinajstić information content (AvgIpc) is 1.97. The summed E-state index contributed by atoms with van der Waals surface area (Å²) in [6.45, 7) is 10.6. The monoisotopic (exact) mass is 168 g/mol. The molecule has 1 aliphatic carbocycles. The highest BCUT2D eigenvalue weighted by atomic mass is 16.3. The van der Waals surface area contributed by atoms with Crippen molar-refractivity contribution in [3.63, 3.8) is 0 Å². The van der Waals surface area contributed by atoms with Crippen molar-refractivity contribution < 1.29 is 5.11 Å². The zero-order chi connectivity index (χ0) is 9.35. The number of hydrogen-bond donors (Lipinski definition) is 1. The fraction of sp³-hybridized carbons (Fsp3) is 0.818. The molecule has 1 heteroatoms. The molecule has 0 spiro atoms. The molecule has 70 valence electrons. The summed E-state index contributed by atoms with van der Waals surface area (Å²) < 4.78 is 0. The van der Waals surface area contributed by atoms with Crippen LogP contribution in [0.5, 0.6) is 0 Å². The second-order valence-corrected chi connectivity index (χ2v) is 4.53. The Labute approximate surface area is 75.5 Å². The van der Waals surface area contributed by atoms with Gasteiger partial charge in [0.1, 0.15) is 0 Å². The maximum absolute atomic E-state index is 9.46. The van der Waals surface area contributed by atoms with E-state index in [1.807, 2.05) is 0 Å². The van der Waals surface area contributed by atoms with E-state index >= 15 is 0 Å². The summed E-state index contributed by atoms with van der Waals surface area (Å²) in [6.07, 6.45) is 2.88. The SMILES string of the molecule is C=C(C)C1(C)CCC(O)CC1C. The lowest BCUT2D eigenvalue weighted by molar-refractivity contribution is 0.0458. The Morgan fingerprint density at radius 1 is 1.58 bits per heavy atom. The third kappa shape index (κ3) is 1.56. The van der Waals surface area contributed by atoms with E-state index in [-0.39, 0.29) is 11.5 Å². The van der Waals surface area contributed by atoms with Crippen LogP contribution in [0, 0.1) is 11.3 Å². The summed E-state index contributed by atoms with van der Waals surface area (Å²) in [4.78, 5) is 0. The molecule has 1 nitrogen and oxygen atoms in total. The van der Waals surface area contributed by atoms with Gasteiger partial charge >= 0.3 is 0 Å². The van der Waals surface area contributed by atoms with Crippen molar-refractivity contribution in [3.05, 3.63) is 12.2 Å². The summed E-state index contributed by atoms with van der Waals surface area (Å²) >= 11 is 0. The smallest absolute Gasteiger partial charge is 0.0543 e. The number of aliphatic hydroxyl groups excluding tert-OH is 1. The molecule has 0 amide bonds. The van der Waals surface area contributed by atoms with Crippen molar-refractivity contribution in [3.8, 4) is 0 Å². The predicted molar refractivity (Wildman–Crippen MR) is 51.9 cm³/mol. The molecular weight excluding hydrogens is 148 g/mol. The Kier molecular flexibility index (Phi) is 2.62. The lowest BCUT2D eigenvalue weighted by atomic mass is 9.64. The van der Waals surface area contributed by atoms with Crippen LogP contribution in [0.4, 0.5) is 0 Å². The quantitative estimate of drug-likeness (QED) is 0.597. The highest BCUT2D eigenvalue weighted by Gasteiger charge is 2.37. The third-order valence-corrected chi connectivity index (χ3v) is 3.69. The van der Waals surface area contributed by atoms with Gasteiger partial charge < -0.3 is 5.11 Å². The molecule has 0 aromatic rings. The highest BCUT2D eigenvalue weighted by Crippen LogP contribution is 2.45. The van der Waals surface area contributed by atoms with Gasteiger partial charge in [0, 0.05) is 0 Å². The van der Waals surface area contributed by atoms with E-state index in [1.54, 1.807) is 0 Å². The van der Waals surface area contributed by atoms with Gasteiger partial charge in [-0.15, -0.1) is 0 Å². The molecular formula is C11H20O. The Hall–Kier alpha value is -0.300. The lowest BCUT2D eigenvalue weighted by Gasteiger charge is -2.42. The fourth-order valence-electron chi connectivity index (χ4n) is 2.13. The molecule has 0 aliphatic heterocycles. The van der Waals surface area contributed by atoms with Gasteiger partial charge in [-0.05, 0) is 37.5 Å². The van der Waals surface area contributed by atoms with Crippen LogP contribution in [-0.4, -0.2) is 11.2 Å². The first-order chi connectivity index (χ1) is 5.47. The number of rotatable bonds is 1. The van der Waals surface area contributed by atoms with Crippen molar-refractivity contribution >= 4 is 0 Å². The molecule has 3 unspecified atom stereocenters. The van der Waals surface area contributed by atoms with E-state index in [9.17, 15) is 5.11 Å².